The summed E-state index contributed by atoms with van der Waals surface area (Å²) < 4.78 is 6.37. The molecule has 0 N–H and O–H groups in total. The third kappa shape index (κ3) is 3.59. The van der Waals surface area contributed by atoms with Crippen LogP contribution in [0.5, 0.6) is 5.88 Å². The maximum atomic E-state index is 5.40. The number of hydrogen-bond acceptors (Lipinski definition) is 5. The van der Waals surface area contributed by atoms with Crippen LogP contribution in [0.25, 0.3) is 0 Å². The van der Waals surface area contributed by atoms with E-state index in [0.29, 0.717) is 5.88 Å². The van der Waals surface area contributed by atoms with Gasteiger partial charge < -0.3 is 4.74 Å². The van der Waals surface area contributed by atoms with Crippen LogP contribution in [0.2, 0.25) is 0 Å². The lowest BCUT2D eigenvalue weighted by atomic mass is 10.1. The van der Waals surface area contributed by atoms with E-state index in [1.807, 2.05) is 6.20 Å². The zero-order valence-electron chi connectivity index (χ0n) is 13.8. The molecule has 2 aromatic heterocycles. The molecular weight excluding hydrogens is 368 g/mol. The highest BCUT2D eigenvalue weighted by Crippen LogP contribution is 2.32. The molecule has 0 bridgehead atoms. The average Bonchev–Trinajstić information content (AvgIpc) is 3.39. The van der Waals surface area contributed by atoms with Gasteiger partial charge in [-0.2, -0.15) is 0 Å². The predicted octanol–water partition coefficient (Wildman–Crippen LogP) is 3.15. The minimum atomic E-state index is 0.695. The fourth-order valence-corrected chi connectivity index (χ4v) is 3.60. The van der Waals surface area contributed by atoms with Crippen molar-refractivity contribution in [3.63, 3.8) is 0 Å². The van der Waals surface area contributed by atoms with Gasteiger partial charge in [-0.3, -0.25) is 4.90 Å². The first-order valence-corrected chi connectivity index (χ1v) is 9.25. The largest absolute Gasteiger partial charge is 0.481 e. The maximum Gasteiger partial charge on any atom is 0.217 e. The second-order valence-corrected chi connectivity index (χ2v) is 7.60. The van der Waals surface area contributed by atoms with Crippen LogP contribution in [0.3, 0.4) is 0 Å². The molecule has 2 aliphatic rings. The Morgan fingerprint density at radius 1 is 1.29 bits per heavy atom. The lowest BCUT2D eigenvalue weighted by Crippen LogP contribution is -2.31. The van der Waals surface area contributed by atoms with E-state index in [-0.39, 0.29) is 0 Å². The van der Waals surface area contributed by atoms with Crippen molar-refractivity contribution in [1.82, 2.24) is 19.9 Å². The lowest BCUT2D eigenvalue weighted by molar-refractivity contribution is 0.236. The standard InChI is InChI=1S/C18H21BrN4O/c1-24-18-14(7-15(19)9-21-18)10-23-5-4-13-8-20-17(6-12-2-3-12)22-16(13)11-23/h7-9,12H,2-6,10-11H2,1H3. The summed E-state index contributed by atoms with van der Waals surface area (Å²) >= 11 is 3.50. The number of pyridine rings is 1. The molecule has 1 saturated carbocycles. The molecule has 1 aliphatic carbocycles. The average molecular weight is 389 g/mol. The number of fused-ring (bicyclic) bond motifs is 1. The summed E-state index contributed by atoms with van der Waals surface area (Å²) in [5.74, 6) is 2.53. The highest BCUT2D eigenvalue weighted by atomic mass is 79.9. The third-order valence-electron chi connectivity index (χ3n) is 4.72. The van der Waals surface area contributed by atoms with Gasteiger partial charge in [0.05, 0.1) is 12.8 Å². The van der Waals surface area contributed by atoms with Crippen LogP contribution in [0.1, 0.15) is 35.5 Å². The number of halogens is 1. The van der Waals surface area contributed by atoms with Gasteiger partial charge in [0.15, 0.2) is 0 Å². The van der Waals surface area contributed by atoms with Gasteiger partial charge in [0.1, 0.15) is 5.82 Å². The van der Waals surface area contributed by atoms with E-state index in [0.717, 1.165) is 54.3 Å². The zero-order chi connectivity index (χ0) is 16.5. The quantitative estimate of drug-likeness (QED) is 0.787. The number of rotatable bonds is 5. The molecule has 1 aliphatic heterocycles. The summed E-state index contributed by atoms with van der Waals surface area (Å²) in [7, 11) is 1.67. The summed E-state index contributed by atoms with van der Waals surface area (Å²) in [6.07, 6.45) is 8.52. The highest BCUT2D eigenvalue weighted by molar-refractivity contribution is 9.10. The van der Waals surface area contributed by atoms with Crippen LogP contribution in [0, 0.1) is 5.92 Å². The Bertz CT molecular complexity index is 748. The van der Waals surface area contributed by atoms with Gasteiger partial charge in [0.25, 0.3) is 0 Å². The first kappa shape index (κ1) is 16.0. The van der Waals surface area contributed by atoms with E-state index >= 15 is 0 Å². The maximum absolute atomic E-state index is 5.40. The minimum absolute atomic E-state index is 0.695. The van der Waals surface area contributed by atoms with E-state index in [1.165, 1.54) is 24.1 Å². The summed E-state index contributed by atoms with van der Waals surface area (Å²) in [6.45, 7) is 2.69. The topological polar surface area (TPSA) is 51.1 Å². The molecule has 0 unspecified atom stereocenters. The second-order valence-electron chi connectivity index (χ2n) is 6.69. The Labute approximate surface area is 150 Å². The molecule has 3 heterocycles. The van der Waals surface area contributed by atoms with Gasteiger partial charge in [-0.1, -0.05) is 0 Å². The van der Waals surface area contributed by atoms with Gasteiger partial charge in [0, 0.05) is 48.5 Å². The number of methoxy groups -OCH3 is 1. The molecule has 0 aromatic carbocycles. The molecule has 0 saturated heterocycles. The summed E-state index contributed by atoms with van der Waals surface area (Å²) in [6, 6.07) is 2.08. The Hall–Kier alpha value is -1.53. The molecule has 0 spiro atoms. The molecular formula is C18H21BrN4O. The first-order valence-electron chi connectivity index (χ1n) is 8.45. The molecule has 2 aromatic rings. The van der Waals surface area contributed by atoms with E-state index in [1.54, 1.807) is 13.3 Å². The second kappa shape index (κ2) is 6.76. The molecule has 1 fully saturated rings. The van der Waals surface area contributed by atoms with Gasteiger partial charge in [-0.25, -0.2) is 15.0 Å². The minimum Gasteiger partial charge on any atom is -0.481 e. The van der Waals surface area contributed by atoms with Crippen molar-refractivity contribution in [1.29, 1.82) is 0 Å². The molecule has 126 valence electrons. The SMILES string of the molecule is COc1ncc(Br)cc1CN1CCc2cnc(CC3CC3)nc2C1. The molecule has 6 heteroatoms. The van der Waals surface area contributed by atoms with Crippen LogP contribution < -0.4 is 4.74 Å². The summed E-state index contributed by atoms with van der Waals surface area (Å²) in [5, 5.41) is 0. The summed E-state index contributed by atoms with van der Waals surface area (Å²) in [4.78, 5) is 16.1. The lowest BCUT2D eigenvalue weighted by Gasteiger charge is -2.28. The Morgan fingerprint density at radius 3 is 2.96 bits per heavy atom. The van der Waals surface area contributed by atoms with Crippen molar-refractivity contribution in [2.75, 3.05) is 13.7 Å². The molecule has 0 amide bonds. The van der Waals surface area contributed by atoms with E-state index in [4.69, 9.17) is 9.72 Å². The Kier molecular flexibility index (Phi) is 4.50. The van der Waals surface area contributed by atoms with Crippen LogP contribution >= 0.6 is 15.9 Å². The molecule has 5 nitrogen and oxygen atoms in total. The van der Waals surface area contributed by atoms with Crippen LogP contribution in [0.15, 0.2) is 22.9 Å². The van der Waals surface area contributed by atoms with Crippen molar-refractivity contribution in [3.05, 3.63) is 45.6 Å². The zero-order valence-corrected chi connectivity index (χ0v) is 15.4. The van der Waals surface area contributed by atoms with Crippen LogP contribution in [0.4, 0.5) is 0 Å². The number of aromatic nitrogens is 3. The number of ether oxygens (including phenoxy) is 1. The van der Waals surface area contributed by atoms with E-state index < -0.39 is 0 Å². The van der Waals surface area contributed by atoms with Crippen molar-refractivity contribution in [2.45, 2.75) is 38.8 Å². The first-order chi connectivity index (χ1) is 11.7. The number of hydrogen-bond donors (Lipinski definition) is 0. The molecule has 24 heavy (non-hydrogen) atoms. The highest BCUT2D eigenvalue weighted by Gasteiger charge is 2.25. The smallest absolute Gasteiger partial charge is 0.217 e. The Balaban J connectivity index is 1.50. The van der Waals surface area contributed by atoms with Crippen LogP contribution in [-0.2, 0) is 25.9 Å². The Morgan fingerprint density at radius 2 is 2.17 bits per heavy atom. The van der Waals surface area contributed by atoms with Crippen LogP contribution in [-0.4, -0.2) is 33.5 Å². The van der Waals surface area contributed by atoms with Gasteiger partial charge >= 0.3 is 0 Å². The van der Waals surface area contributed by atoms with Crippen molar-refractivity contribution < 1.29 is 4.74 Å². The van der Waals surface area contributed by atoms with Gasteiger partial charge in [-0.05, 0) is 52.7 Å². The van der Waals surface area contributed by atoms with Crippen molar-refractivity contribution in [2.24, 2.45) is 5.92 Å². The van der Waals surface area contributed by atoms with E-state index in [2.05, 4.69) is 36.9 Å². The fourth-order valence-electron chi connectivity index (χ4n) is 3.22. The van der Waals surface area contributed by atoms with Crippen molar-refractivity contribution in [3.8, 4) is 5.88 Å². The van der Waals surface area contributed by atoms with Gasteiger partial charge in [-0.15, -0.1) is 0 Å². The fraction of sp³-hybridized carbons (Fsp3) is 0.500. The monoisotopic (exact) mass is 388 g/mol. The van der Waals surface area contributed by atoms with Crippen molar-refractivity contribution >= 4 is 15.9 Å². The third-order valence-corrected chi connectivity index (χ3v) is 5.16. The molecule has 4 rings (SSSR count). The molecule has 0 radical (unpaired) electrons. The predicted molar refractivity (Wildman–Crippen MR) is 94.8 cm³/mol. The number of nitrogens with zero attached hydrogens (tertiary/aromatic N) is 4. The van der Waals surface area contributed by atoms with Gasteiger partial charge in [0.2, 0.25) is 5.88 Å². The summed E-state index contributed by atoms with van der Waals surface area (Å²) in [5.41, 5.74) is 3.58. The normalized spacial score (nSPS) is 17.6. The molecule has 0 atom stereocenters. The van der Waals surface area contributed by atoms with E-state index in [9.17, 15) is 0 Å².